The van der Waals surface area contributed by atoms with Crippen molar-refractivity contribution in [2.75, 3.05) is 72.6 Å². The van der Waals surface area contributed by atoms with Crippen LogP contribution in [0, 0.1) is 11.3 Å². The van der Waals surface area contributed by atoms with Gasteiger partial charge in [0.25, 0.3) is 10.2 Å². The van der Waals surface area contributed by atoms with Gasteiger partial charge in [-0.15, -0.1) is 0 Å². The number of hydrogen-bond donors (Lipinski definition) is 0. The van der Waals surface area contributed by atoms with Crippen LogP contribution < -0.4 is 0 Å². The van der Waals surface area contributed by atoms with E-state index >= 15 is 0 Å². The van der Waals surface area contributed by atoms with Crippen LogP contribution in [-0.4, -0.2) is 105 Å². The number of piperazine rings is 1. The Morgan fingerprint density at radius 3 is 2.38 bits per heavy atom. The average Bonchev–Trinajstić information content (AvgIpc) is 2.60. The molecule has 2 aliphatic rings. The van der Waals surface area contributed by atoms with Crippen LogP contribution in [0.4, 0.5) is 0 Å². The lowest BCUT2D eigenvalue weighted by atomic mass is 10.3. The number of ether oxygens (including phenoxy) is 1. The van der Waals surface area contributed by atoms with Gasteiger partial charge in [-0.3, -0.25) is 9.69 Å². The van der Waals surface area contributed by atoms with Crippen LogP contribution in [-0.2, 0) is 19.7 Å². The van der Waals surface area contributed by atoms with Gasteiger partial charge in [0.2, 0.25) is 5.91 Å². The number of amides is 1. The molecular weight excluding hydrogens is 334 g/mol. The molecule has 0 spiro atoms. The molecule has 0 N–H and O–H groups in total. The molecule has 0 aromatic rings. The molecule has 0 aromatic carbocycles. The molecule has 0 aromatic heterocycles. The molecule has 136 valence electrons. The standard InChI is InChI=1S/C14H25N5O4S/c1-16(4-2-3-15)24(21,22)19-7-5-18(6-8-19)14(20)13-17-9-11-23-12-10-17/h2,4-13H2,1H3. The van der Waals surface area contributed by atoms with Crippen LogP contribution in [0.5, 0.6) is 0 Å². The lowest BCUT2D eigenvalue weighted by Gasteiger charge is -2.37. The summed E-state index contributed by atoms with van der Waals surface area (Å²) in [5, 5.41) is 8.58. The quantitative estimate of drug-likeness (QED) is 0.576. The topological polar surface area (TPSA) is 97.2 Å². The largest absolute Gasteiger partial charge is 0.379 e. The molecule has 0 saturated carbocycles. The number of morpholine rings is 1. The maximum Gasteiger partial charge on any atom is 0.281 e. The Morgan fingerprint density at radius 2 is 1.79 bits per heavy atom. The van der Waals surface area contributed by atoms with Gasteiger partial charge in [-0.2, -0.15) is 22.3 Å². The van der Waals surface area contributed by atoms with E-state index in [0.717, 1.165) is 13.1 Å². The zero-order valence-electron chi connectivity index (χ0n) is 14.1. The van der Waals surface area contributed by atoms with Gasteiger partial charge in [0.1, 0.15) is 0 Å². The van der Waals surface area contributed by atoms with Crippen LogP contribution in [0.1, 0.15) is 6.42 Å². The summed E-state index contributed by atoms with van der Waals surface area (Å²) in [6.45, 7) is 4.70. The molecule has 1 amide bonds. The summed E-state index contributed by atoms with van der Waals surface area (Å²) in [6.07, 6.45) is 0.160. The molecule has 10 heteroatoms. The maximum atomic E-state index is 12.4. The van der Waals surface area contributed by atoms with Crippen molar-refractivity contribution in [3.05, 3.63) is 0 Å². The van der Waals surface area contributed by atoms with Gasteiger partial charge in [-0.25, -0.2) is 0 Å². The SMILES string of the molecule is CN(CCC#N)S(=O)(=O)N1CCN(C(=O)CN2CCOCC2)CC1. The van der Waals surface area contributed by atoms with E-state index in [1.54, 1.807) is 4.90 Å². The van der Waals surface area contributed by atoms with Crippen molar-refractivity contribution in [2.24, 2.45) is 0 Å². The number of nitrogens with zero attached hydrogens (tertiary/aromatic N) is 5. The lowest BCUT2D eigenvalue weighted by Crippen LogP contribution is -2.55. The summed E-state index contributed by atoms with van der Waals surface area (Å²) in [4.78, 5) is 16.1. The van der Waals surface area contributed by atoms with E-state index in [1.165, 1.54) is 15.7 Å². The molecule has 2 fully saturated rings. The van der Waals surface area contributed by atoms with Crippen molar-refractivity contribution >= 4 is 16.1 Å². The second-order valence-corrected chi connectivity index (χ2v) is 7.94. The molecule has 0 radical (unpaired) electrons. The third kappa shape index (κ3) is 4.87. The molecule has 2 aliphatic heterocycles. The molecule has 24 heavy (non-hydrogen) atoms. The fourth-order valence-electron chi connectivity index (χ4n) is 2.74. The predicted octanol–water partition coefficient (Wildman–Crippen LogP) is -1.45. The van der Waals surface area contributed by atoms with Crippen LogP contribution in [0.2, 0.25) is 0 Å². The molecule has 2 rings (SSSR count). The molecule has 0 unspecified atom stereocenters. The third-order valence-electron chi connectivity index (χ3n) is 4.31. The number of carbonyl (C=O) groups excluding carboxylic acids is 1. The fraction of sp³-hybridized carbons (Fsp3) is 0.857. The molecule has 2 heterocycles. The second kappa shape index (κ2) is 8.73. The zero-order valence-corrected chi connectivity index (χ0v) is 14.9. The smallest absolute Gasteiger partial charge is 0.281 e. The Bertz CT molecular complexity index is 562. The summed E-state index contributed by atoms with van der Waals surface area (Å²) in [6, 6.07) is 1.94. The van der Waals surface area contributed by atoms with E-state index in [9.17, 15) is 13.2 Å². The number of carbonyl (C=O) groups is 1. The van der Waals surface area contributed by atoms with E-state index in [0.29, 0.717) is 32.8 Å². The highest BCUT2D eigenvalue weighted by Gasteiger charge is 2.31. The van der Waals surface area contributed by atoms with Gasteiger partial charge < -0.3 is 9.64 Å². The molecule has 0 bridgehead atoms. The first-order valence-corrected chi connectivity index (χ1v) is 9.51. The van der Waals surface area contributed by atoms with Crippen LogP contribution in [0.15, 0.2) is 0 Å². The van der Waals surface area contributed by atoms with E-state index < -0.39 is 10.2 Å². The highest BCUT2D eigenvalue weighted by Crippen LogP contribution is 2.12. The molecule has 0 atom stereocenters. The molecule has 9 nitrogen and oxygen atoms in total. The molecular formula is C14H25N5O4S. The Labute approximate surface area is 143 Å². The minimum atomic E-state index is -3.56. The Kier molecular flexibility index (Phi) is 6.94. The summed E-state index contributed by atoms with van der Waals surface area (Å²) in [5.74, 6) is 0.0341. The van der Waals surface area contributed by atoms with Crippen LogP contribution in [0.25, 0.3) is 0 Å². The first-order valence-electron chi connectivity index (χ1n) is 8.11. The monoisotopic (exact) mass is 359 g/mol. The number of nitriles is 1. The van der Waals surface area contributed by atoms with Gasteiger partial charge in [0, 0.05) is 59.3 Å². The first-order chi connectivity index (χ1) is 11.4. The molecule has 2 saturated heterocycles. The Morgan fingerprint density at radius 1 is 1.17 bits per heavy atom. The van der Waals surface area contributed by atoms with Gasteiger partial charge in [0.15, 0.2) is 0 Å². The van der Waals surface area contributed by atoms with Crippen LogP contribution in [0.3, 0.4) is 0 Å². The highest BCUT2D eigenvalue weighted by molar-refractivity contribution is 7.86. The zero-order chi connectivity index (χ0) is 17.6. The minimum absolute atomic E-state index is 0.0341. The summed E-state index contributed by atoms with van der Waals surface area (Å²) in [7, 11) is -2.09. The highest BCUT2D eigenvalue weighted by atomic mass is 32.2. The normalized spacial score (nSPS) is 21.0. The third-order valence-corrected chi connectivity index (χ3v) is 6.30. The van der Waals surface area contributed by atoms with Crippen molar-refractivity contribution in [3.8, 4) is 6.07 Å². The van der Waals surface area contributed by atoms with Gasteiger partial charge in [-0.1, -0.05) is 0 Å². The van der Waals surface area contributed by atoms with Gasteiger partial charge in [-0.05, 0) is 0 Å². The number of hydrogen-bond acceptors (Lipinski definition) is 6. The van der Waals surface area contributed by atoms with E-state index in [4.69, 9.17) is 10.00 Å². The summed E-state index contributed by atoms with van der Waals surface area (Å²) < 4.78 is 32.6. The second-order valence-electron chi connectivity index (χ2n) is 5.91. The maximum absolute atomic E-state index is 12.4. The van der Waals surface area contributed by atoms with E-state index in [1.807, 2.05) is 6.07 Å². The minimum Gasteiger partial charge on any atom is -0.379 e. The van der Waals surface area contributed by atoms with Crippen molar-refractivity contribution in [3.63, 3.8) is 0 Å². The van der Waals surface area contributed by atoms with Crippen molar-refractivity contribution in [1.29, 1.82) is 5.26 Å². The van der Waals surface area contributed by atoms with Gasteiger partial charge in [0.05, 0.1) is 25.8 Å². The number of rotatable bonds is 6. The van der Waals surface area contributed by atoms with Crippen molar-refractivity contribution in [2.45, 2.75) is 6.42 Å². The molecule has 0 aliphatic carbocycles. The van der Waals surface area contributed by atoms with Crippen molar-refractivity contribution in [1.82, 2.24) is 18.4 Å². The van der Waals surface area contributed by atoms with E-state index in [2.05, 4.69) is 4.90 Å². The van der Waals surface area contributed by atoms with Crippen molar-refractivity contribution < 1.29 is 17.9 Å². The lowest BCUT2D eigenvalue weighted by molar-refractivity contribution is -0.134. The first kappa shape index (κ1) is 19.1. The summed E-state index contributed by atoms with van der Waals surface area (Å²) >= 11 is 0. The Hall–Kier alpha value is -1.25. The summed E-state index contributed by atoms with van der Waals surface area (Å²) in [5.41, 5.74) is 0. The predicted molar refractivity (Wildman–Crippen MR) is 87.2 cm³/mol. The van der Waals surface area contributed by atoms with Gasteiger partial charge >= 0.3 is 0 Å². The van der Waals surface area contributed by atoms with E-state index in [-0.39, 0.29) is 32.0 Å². The fourth-order valence-corrected chi connectivity index (χ4v) is 4.08. The Balaban J connectivity index is 1.81. The van der Waals surface area contributed by atoms with Crippen LogP contribution >= 0.6 is 0 Å². The average molecular weight is 359 g/mol.